The lowest BCUT2D eigenvalue weighted by Gasteiger charge is -2.25. The Kier molecular flexibility index (Phi) is 6.49. The highest BCUT2D eigenvalue weighted by atomic mass is 32.1. The highest BCUT2D eigenvalue weighted by molar-refractivity contribution is 7.07. The molecule has 10 heteroatoms. The van der Waals surface area contributed by atoms with Gasteiger partial charge in [-0.2, -0.15) is 5.10 Å². The fourth-order valence-corrected chi connectivity index (χ4v) is 5.41. The molecule has 37 heavy (non-hydrogen) atoms. The van der Waals surface area contributed by atoms with E-state index in [0.29, 0.717) is 38.4 Å². The standard InChI is InChI=1S/C27H25N5O4S/c1-4-31-19(12-13-28-31)15-22-26(35)32-24(17-10-11-20(33)21(14-17)36-3)23(16(2)29-27(32)37-22)25(34)30-18-8-6-5-7-9-18/h5-15,24,33H,4H2,1-3H3,(H,30,34)/b22-15+/t24-/m1/s1. The number of nitrogens with zero attached hydrogens (tertiary/aromatic N) is 4. The number of anilines is 1. The molecule has 0 aliphatic carbocycles. The average Bonchev–Trinajstić information content (AvgIpc) is 3.47. The molecule has 4 aromatic rings. The summed E-state index contributed by atoms with van der Waals surface area (Å²) >= 11 is 1.25. The predicted molar refractivity (Wildman–Crippen MR) is 141 cm³/mol. The third kappa shape index (κ3) is 4.47. The Labute approximate surface area is 216 Å². The van der Waals surface area contributed by atoms with Crippen molar-refractivity contribution < 1.29 is 14.6 Å². The zero-order chi connectivity index (χ0) is 26.1. The summed E-state index contributed by atoms with van der Waals surface area (Å²) in [4.78, 5) is 32.5. The molecule has 188 valence electrons. The van der Waals surface area contributed by atoms with Gasteiger partial charge in [-0.05, 0) is 55.8 Å². The topological polar surface area (TPSA) is 111 Å². The van der Waals surface area contributed by atoms with Gasteiger partial charge in [-0.15, -0.1) is 0 Å². The smallest absolute Gasteiger partial charge is 0.271 e. The molecule has 2 aromatic heterocycles. The Bertz CT molecular complexity index is 1700. The summed E-state index contributed by atoms with van der Waals surface area (Å²) in [7, 11) is 1.45. The van der Waals surface area contributed by atoms with Crippen LogP contribution >= 0.6 is 11.3 Å². The van der Waals surface area contributed by atoms with Gasteiger partial charge in [0.1, 0.15) is 0 Å². The van der Waals surface area contributed by atoms with Gasteiger partial charge in [-0.25, -0.2) is 4.99 Å². The van der Waals surface area contributed by atoms with Crippen LogP contribution in [0.2, 0.25) is 0 Å². The zero-order valence-electron chi connectivity index (χ0n) is 20.5. The van der Waals surface area contributed by atoms with Gasteiger partial charge in [0.2, 0.25) is 0 Å². The number of phenolic OH excluding ortho intramolecular Hbond substituents is 1. The number of rotatable bonds is 6. The lowest BCUT2D eigenvalue weighted by molar-refractivity contribution is -0.113. The Morgan fingerprint density at radius 1 is 1.22 bits per heavy atom. The quantitative estimate of drug-likeness (QED) is 0.410. The van der Waals surface area contributed by atoms with E-state index in [1.807, 2.05) is 31.2 Å². The van der Waals surface area contributed by atoms with E-state index in [0.717, 1.165) is 5.69 Å². The number of benzene rings is 2. The van der Waals surface area contributed by atoms with Crippen LogP contribution in [0.5, 0.6) is 11.5 Å². The molecule has 0 unspecified atom stereocenters. The molecule has 3 heterocycles. The minimum absolute atomic E-state index is 0.0394. The fourth-order valence-electron chi connectivity index (χ4n) is 4.38. The van der Waals surface area contributed by atoms with E-state index in [1.54, 1.807) is 48.1 Å². The molecule has 9 nitrogen and oxygen atoms in total. The first-order valence-corrected chi connectivity index (χ1v) is 12.5. The van der Waals surface area contributed by atoms with Crippen LogP contribution < -0.4 is 24.9 Å². The molecule has 1 atom stereocenters. The molecule has 5 rings (SSSR count). The van der Waals surface area contributed by atoms with E-state index in [9.17, 15) is 14.7 Å². The number of amides is 1. The maximum Gasteiger partial charge on any atom is 0.271 e. The number of aromatic hydroxyl groups is 1. The Hall–Kier alpha value is -4.44. The number of nitrogens with one attached hydrogen (secondary N) is 1. The summed E-state index contributed by atoms with van der Waals surface area (Å²) in [6.07, 6.45) is 3.48. The number of ether oxygens (including phenoxy) is 1. The predicted octanol–water partition coefficient (Wildman–Crippen LogP) is 2.80. The van der Waals surface area contributed by atoms with Crippen molar-refractivity contribution in [2.45, 2.75) is 26.4 Å². The maximum absolute atomic E-state index is 13.8. The van der Waals surface area contributed by atoms with Gasteiger partial charge >= 0.3 is 0 Å². The molecule has 0 saturated heterocycles. The van der Waals surface area contributed by atoms with Crippen LogP contribution in [-0.4, -0.2) is 32.5 Å². The molecule has 2 N–H and O–H groups in total. The SMILES string of the molecule is CCn1nccc1/C=c1/sc2n(c1=O)[C@H](c1ccc(O)c(OC)c1)C(C(=O)Nc1ccccc1)=C(C)N=2. The van der Waals surface area contributed by atoms with Crippen LogP contribution in [0.1, 0.15) is 31.1 Å². The number of carbonyl (C=O) groups is 1. The van der Waals surface area contributed by atoms with E-state index < -0.39 is 6.04 Å². The van der Waals surface area contributed by atoms with Gasteiger partial charge in [0.15, 0.2) is 16.3 Å². The molecular formula is C27H25N5O4S. The van der Waals surface area contributed by atoms with E-state index in [1.165, 1.54) is 29.1 Å². The van der Waals surface area contributed by atoms with Crippen molar-refractivity contribution in [1.29, 1.82) is 0 Å². The van der Waals surface area contributed by atoms with Gasteiger partial charge in [0, 0.05) is 18.4 Å². The number of fused-ring (bicyclic) bond motifs is 1. The fraction of sp³-hybridized carbons (Fsp3) is 0.185. The highest BCUT2D eigenvalue weighted by Crippen LogP contribution is 2.35. The van der Waals surface area contributed by atoms with Crippen molar-refractivity contribution in [3.05, 3.63) is 103 Å². The number of para-hydroxylation sites is 1. The summed E-state index contributed by atoms with van der Waals surface area (Å²) in [5.41, 5.74) is 2.58. The molecule has 1 aliphatic rings. The second kappa shape index (κ2) is 9.90. The molecule has 1 amide bonds. The molecule has 0 radical (unpaired) electrons. The second-order valence-corrected chi connectivity index (χ2v) is 9.41. The van der Waals surface area contributed by atoms with E-state index in [-0.39, 0.29) is 23.0 Å². The number of hydrogen-bond donors (Lipinski definition) is 2. The Morgan fingerprint density at radius 3 is 2.73 bits per heavy atom. The summed E-state index contributed by atoms with van der Waals surface area (Å²) in [6.45, 7) is 4.40. The van der Waals surface area contributed by atoms with Crippen LogP contribution in [0.25, 0.3) is 6.08 Å². The molecule has 0 bridgehead atoms. The average molecular weight is 516 g/mol. The van der Waals surface area contributed by atoms with Crippen molar-refractivity contribution in [2.75, 3.05) is 12.4 Å². The van der Waals surface area contributed by atoms with E-state index in [4.69, 9.17) is 4.74 Å². The van der Waals surface area contributed by atoms with Gasteiger partial charge in [-0.1, -0.05) is 35.6 Å². The molecule has 2 aromatic carbocycles. The van der Waals surface area contributed by atoms with Crippen molar-refractivity contribution in [3.8, 4) is 11.5 Å². The third-order valence-corrected chi connectivity index (χ3v) is 7.13. The summed E-state index contributed by atoms with van der Waals surface area (Å²) < 4.78 is 9.12. The minimum Gasteiger partial charge on any atom is -0.504 e. The van der Waals surface area contributed by atoms with Crippen molar-refractivity contribution in [2.24, 2.45) is 4.99 Å². The summed E-state index contributed by atoms with van der Waals surface area (Å²) in [6, 6.07) is 15.0. The number of allylic oxidation sites excluding steroid dienone is 1. The van der Waals surface area contributed by atoms with Crippen molar-refractivity contribution in [1.82, 2.24) is 14.3 Å². The number of aromatic nitrogens is 3. The Morgan fingerprint density at radius 2 is 2.00 bits per heavy atom. The number of hydrogen-bond acceptors (Lipinski definition) is 7. The third-order valence-electron chi connectivity index (χ3n) is 6.15. The zero-order valence-corrected chi connectivity index (χ0v) is 21.3. The number of carbonyl (C=O) groups excluding carboxylic acids is 1. The largest absolute Gasteiger partial charge is 0.504 e. The van der Waals surface area contributed by atoms with Crippen molar-refractivity contribution in [3.63, 3.8) is 0 Å². The first-order chi connectivity index (χ1) is 17.9. The molecule has 0 spiro atoms. The van der Waals surface area contributed by atoms with Crippen LogP contribution in [0.15, 0.2) is 81.9 Å². The van der Waals surface area contributed by atoms with Crippen LogP contribution in [-0.2, 0) is 11.3 Å². The normalized spacial score (nSPS) is 15.3. The summed E-state index contributed by atoms with van der Waals surface area (Å²) in [5, 5.41) is 17.4. The van der Waals surface area contributed by atoms with E-state index in [2.05, 4.69) is 15.4 Å². The number of aryl methyl sites for hydroxylation is 1. The van der Waals surface area contributed by atoms with Crippen molar-refractivity contribution >= 4 is 29.0 Å². The maximum atomic E-state index is 13.8. The van der Waals surface area contributed by atoms with Gasteiger partial charge in [0.25, 0.3) is 11.5 Å². The van der Waals surface area contributed by atoms with Crippen LogP contribution in [0.3, 0.4) is 0 Å². The van der Waals surface area contributed by atoms with Crippen LogP contribution in [0.4, 0.5) is 5.69 Å². The van der Waals surface area contributed by atoms with Crippen LogP contribution in [0, 0.1) is 0 Å². The lowest BCUT2D eigenvalue weighted by Crippen LogP contribution is -2.40. The number of phenols is 1. The molecule has 0 saturated carbocycles. The lowest BCUT2D eigenvalue weighted by atomic mass is 9.94. The summed E-state index contributed by atoms with van der Waals surface area (Å²) in [5.74, 6) is -0.172. The second-order valence-electron chi connectivity index (χ2n) is 8.41. The number of thiazole rings is 1. The monoisotopic (exact) mass is 515 g/mol. The first-order valence-electron chi connectivity index (χ1n) is 11.7. The number of methoxy groups -OCH3 is 1. The first kappa shape index (κ1) is 24.3. The molecule has 1 aliphatic heterocycles. The van der Waals surface area contributed by atoms with Gasteiger partial charge < -0.3 is 15.2 Å². The highest BCUT2D eigenvalue weighted by Gasteiger charge is 2.33. The van der Waals surface area contributed by atoms with Gasteiger partial charge in [0.05, 0.1) is 34.6 Å². The Balaban J connectivity index is 1.71. The molecule has 0 fully saturated rings. The molecular weight excluding hydrogens is 490 g/mol. The minimum atomic E-state index is -0.785. The van der Waals surface area contributed by atoms with E-state index >= 15 is 0 Å². The van der Waals surface area contributed by atoms with Gasteiger partial charge in [-0.3, -0.25) is 18.8 Å².